The van der Waals surface area contributed by atoms with Gasteiger partial charge in [-0.3, -0.25) is 9.59 Å². The molecule has 0 radical (unpaired) electrons. The van der Waals surface area contributed by atoms with Crippen molar-refractivity contribution in [2.75, 3.05) is 26.3 Å². The Bertz CT molecular complexity index is 741. The Kier molecular flexibility index (Phi) is 39.9. The highest BCUT2D eigenvalue weighted by Crippen LogP contribution is 2.18. The van der Waals surface area contributed by atoms with Crippen molar-refractivity contribution in [3.8, 4) is 0 Å². The van der Waals surface area contributed by atoms with E-state index in [-0.39, 0.29) is 24.6 Å². The second-order valence-corrected chi connectivity index (χ2v) is 15.2. The number of unbranched alkanes of at least 4 members (excludes halogenated alkanes) is 23. The van der Waals surface area contributed by atoms with Gasteiger partial charge in [0.1, 0.15) is 6.10 Å². The summed E-state index contributed by atoms with van der Waals surface area (Å²) in [5.41, 5.74) is 0. The summed E-state index contributed by atoms with van der Waals surface area (Å²) in [7, 11) is 0. The molecule has 0 spiro atoms. The van der Waals surface area contributed by atoms with Crippen LogP contribution >= 0.6 is 0 Å². The fourth-order valence-corrected chi connectivity index (χ4v) is 6.71. The summed E-state index contributed by atoms with van der Waals surface area (Å²) in [6.07, 6.45) is 42.0. The van der Waals surface area contributed by atoms with E-state index < -0.39 is 0 Å². The van der Waals surface area contributed by atoms with E-state index in [0.29, 0.717) is 19.4 Å². The molecule has 0 heterocycles. The Labute approximate surface area is 317 Å². The van der Waals surface area contributed by atoms with Gasteiger partial charge in [-0.05, 0) is 76.8 Å². The Balaban J connectivity index is 4.11. The number of aliphatic hydroxyl groups is 1. The van der Waals surface area contributed by atoms with Gasteiger partial charge in [0.2, 0.25) is 0 Å². The predicted molar refractivity (Wildman–Crippen MR) is 218 cm³/mol. The van der Waals surface area contributed by atoms with Crippen LogP contribution in [-0.4, -0.2) is 54.4 Å². The van der Waals surface area contributed by atoms with Gasteiger partial charge in [-0.15, -0.1) is 0 Å². The number of allylic oxidation sites excluding steroid dienone is 1. The van der Waals surface area contributed by atoms with Crippen LogP contribution in [0.5, 0.6) is 0 Å². The molecule has 1 N–H and O–H groups in total. The minimum atomic E-state index is -0.0347. The van der Waals surface area contributed by atoms with E-state index in [2.05, 4.69) is 37.9 Å². The smallest absolute Gasteiger partial charge is 0.306 e. The van der Waals surface area contributed by atoms with Crippen LogP contribution in [0.1, 0.15) is 233 Å². The summed E-state index contributed by atoms with van der Waals surface area (Å²) in [6, 6.07) is 0. The van der Waals surface area contributed by atoms with Crippen molar-refractivity contribution in [2.24, 2.45) is 0 Å². The zero-order valence-corrected chi connectivity index (χ0v) is 34.4. The molecule has 302 valence electrons. The molecule has 0 saturated heterocycles. The zero-order valence-electron chi connectivity index (χ0n) is 34.4. The van der Waals surface area contributed by atoms with Crippen molar-refractivity contribution in [3.05, 3.63) is 12.3 Å². The molecule has 0 atom stereocenters. The normalized spacial score (nSPS) is 11.5. The number of ether oxygens (including phenoxy) is 2. The first-order chi connectivity index (χ1) is 25.1. The van der Waals surface area contributed by atoms with E-state index in [0.717, 1.165) is 96.6 Å². The van der Waals surface area contributed by atoms with Crippen molar-refractivity contribution < 1.29 is 24.2 Å². The van der Waals surface area contributed by atoms with Crippen LogP contribution in [-0.2, 0) is 19.1 Å². The lowest BCUT2D eigenvalue weighted by Crippen LogP contribution is -2.20. The van der Waals surface area contributed by atoms with Crippen molar-refractivity contribution in [1.29, 1.82) is 0 Å². The second-order valence-electron chi connectivity index (χ2n) is 15.2. The predicted octanol–water partition coefficient (Wildman–Crippen LogP) is 13.2. The molecular formula is C45H87NO5. The van der Waals surface area contributed by atoms with E-state index in [1.54, 1.807) is 0 Å². The highest BCUT2D eigenvalue weighted by atomic mass is 16.5. The highest BCUT2D eigenvalue weighted by molar-refractivity contribution is 5.69. The summed E-state index contributed by atoms with van der Waals surface area (Å²) in [6.45, 7) is 9.43. The Morgan fingerprint density at radius 2 is 0.980 bits per heavy atom. The first-order valence-electron chi connectivity index (χ1n) is 22.4. The molecular weight excluding hydrogens is 634 g/mol. The Morgan fingerprint density at radius 3 is 1.55 bits per heavy atom. The molecule has 0 aliphatic heterocycles. The molecule has 6 nitrogen and oxygen atoms in total. The van der Waals surface area contributed by atoms with E-state index in [1.807, 2.05) is 0 Å². The van der Waals surface area contributed by atoms with Gasteiger partial charge in [0.15, 0.2) is 0 Å². The van der Waals surface area contributed by atoms with Gasteiger partial charge in [0.05, 0.1) is 6.61 Å². The van der Waals surface area contributed by atoms with Gasteiger partial charge in [-0.2, -0.15) is 0 Å². The van der Waals surface area contributed by atoms with Crippen molar-refractivity contribution in [2.45, 2.75) is 239 Å². The summed E-state index contributed by atoms with van der Waals surface area (Å²) in [4.78, 5) is 27.0. The summed E-state index contributed by atoms with van der Waals surface area (Å²) in [5.74, 6) is -0.0334. The number of carbonyl (C=O) groups is 2. The number of aliphatic hydroxyl groups excluding tert-OH is 1. The van der Waals surface area contributed by atoms with Crippen LogP contribution in [0, 0.1) is 0 Å². The Morgan fingerprint density at radius 1 is 0.529 bits per heavy atom. The topological polar surface area (TPSA) is 76.1 Å². The maximum absolute atomic E-state index is 12.7. The monoisotopic (exact) mass is 722 g/mol. The average Bonchev–Trinajstić information content (AvgIpc) is 3.13. The SMILES string of the molecule is CCCCCCCCCOC(=O)CCCCCCCN(/C=C/CCCCCC(=O)OC(CCCCCCCC)CCCCCCCC)CCCO. The van der Waals surface area contributed by atoms with Gasteiger partial charge in [0.25, 0.3) is 0 Å². The number of carbonyl (C=O) groups excluding carboxylic acids is 2. The average molecular weight is 722 g/mol. The van der Waals surface area contributed by atoms with E-state index in [4.69, 9.17) is 9.47 Å². The molecule has 0 saturated carbocycles. The van der Waals surface area contributed by atoms with E-state index >= 15 is 0 Å². The molecule has 0 rings (SSSR count). The molecule has 0 unspecified atom stereocenters. The molecule has 0 amide bonds. The summed E-state index contributed by atoms with van der Waals surface area (Å²) < 4.78 is 11.4. The highest BCUT2D eigenvalue weighted by Gasteiger charge is 2.14. The second kappa shape index (κ2) is 41.2. The van der Waals surface area contributed by atoms with Crippen molar-refractivity contribution >= 4 is 11.9 Å². The van der Waals surface area contributed by atoms with Gasteiger partial charge >= 0.3 is 11.9 Å². The molecule has 51 heavy (non-hydrogen) atoms. The zero-order chi connectivity index (χ0) is 37.3. The van der Waals surface area contributed by atoms with Crippen molar-refractivity contribution in [1.82, 2.24) is 4.90 Å². The Hall–Kier alpha value is -1.56. The third-order valence-corrected chi connectivity index (χ3v) is 10.1. The molecule has 0 aromatic rings. The summed E-state index contributed by atoms with van der Waals surface area (Å²) >= 11 is 0. The van der Waals surface area contributed by atoms with Gasteiger partial charge in [0, 0.05) is 32.5 Å². The lowest BCUT2D eigenvalue weighted by atomic mass is 10.0. The molecule has 0 aromatic carbocycles. The number of hydrogen-bond acceptors (Lipinski definition) is 6. The van der Waals surface area contributed by atoms with E-state index in [9.17, 15) is 14.7 Å². The molecule has 0 aliphatic carbocycles. The van der Waals surface area contributed by atoms with Crippen LogP contribution in [0.2, 0.25) is 0 Å². The number of hydrogen-bond donors (Lipinski definition) is 1. The largest absolute Gasteiger partial charge is 0.466 e. The third kappa shape index (κ3) is 38.0. The summed E-state index contributed by atoms with van der Waals surface area (Å²) in [5, 5.41) is 9.36. The maximum Gasteiger partial charge on any atom is 0.306 e. The molecule has 6 heteroatoms. The van der Waals surface area contributed by atoms with Crippen LogP contribution in [0.3, 0.4) is 0 Å². The minimum absolute atomic E-state index is 0.00132. The number of nitrogens with zero attached hydrogens (tertiary/aromatic N) is 1. The molecule has 0 fully saturated rings. The molecule has 0 aliphatic rings. The number of rotatable bonds is 41. The maximum atomic E-state index is 12.7. The van der Waals surface area contributed by atoms with Gasteiger partial charge < -0.3 is 19.5 Å². The number of esters is 2. The van der Waals surface area contributed by atoms with Crippen LogP contribution < -0.4 is 0 Å². The van der Waals surface area contributed by atoms with Crippen LogP contribution in [0.15, 0.2) is 12.3 Å². The van der Waals surface area contributed by atoms with Crippen molar-refractivity contribution in [3.63, 3.8) is 0 Å². The quantitative estimate of drug-likeness (QED) is 0.0500. The van der Waals surface area contributed by atoms with Crippen LogP contribution in [0.25, 0.3) is 0 Å². The van der Waals surface area contributed by atoms with Crippen LogP contribution in [0.4, 0.5) is 0 Å². The standard InChI is InChI=1S/C45H87NO5/c1-4-7-10-13-16-25-32-42-50-44(48)36-28-21-17-23-30-38-46(40-33-41-47)39-31-24-18-22-29-37-45(49)51-43(34-26-19-14-11-8-5-2)35-27-20-15-12-9-6-3/h31,39,43,47H,4-30,32-38,40-42H2,1-3H3/b39-31+. The lowest BCUT2D eigenvalue weighted by molar-refractivity contribution is -0.150. The van der Waals surface area contributed by atoms with E-state index in [1.165, 1.54) is 116 Å². The third-order valence-electron chi connectivity index (χ3n) is 10.1. The first kappa shape index (κ1) is 49.4. The molecule has 0 bridgehead atoms. The minimum Gasteiger partial charge on any atom is -0.466 e. The first-order valence-corrected chi connectivity index (χ1v) is 22.4. The fourth-order valence-electron chi connectivity index (χ4n) is 6.71. The molecule has 0 aromatic heterocycles. The van der Waals surface area contributed by atoms with Gasteiger partial charge in [-0.25, -0.2) is 0 Å². The van der Waals surface area contributed by atoms with Gasteiger partial charge in [-0.1, -0.05) is 155 Å². The fraction of sp³-hybridized carbons (Fsp3) is 0.911. The lowest BCUT2D eigenvalue weighted by Gasteiger charge is -2.20.